The largest absolute Gasteiger partial charge is 0.472 e. The van der Waals surface area contributed by atoms with Crippen LogP contribution in [0.5, 0.6) is 5.88 Å². The first-order chi connectivity index (χ1) is 14.1. The van der Waals surface area contributed by atoms with Crippen LogP contribution in [0.25, 0.3) is 11.5 Å². The standard InChI is InChI=1S/C22H20FN3O3/c1-13-5-6-19(25-11-13)29-18-10-14-9-17(18)26(12-14)22(27)20-15(3-2-4-16(20)23)21-24-7-8-28-21/h2-8,11,14,17-18H,9-10,12H2,1H3. The zero-order valence-corrected chi connectivity index (χ0v) is 15.9. The van der Waals surface area contributed by atoms with Crippen molar-refractivity contribution in [3.05, 3.63) is 65.9 Å². The fourth-order valence-electron chi connectivity index (χ4n) is 4.42. The van der Waals surface area contributed by atoms with Gasteiger partial charge < -0.3 is 14.1 Å². The number of rotatable bonds is 4. The van der Waals surface area contributed by atoms with Crippen LogP contribution in [0.3, 0.4) is 0 Å². The Kier molecular flexibility index (Phi) is 4.30. The monoisotopic (exact) mass is 393 g/mol. The molecule has 148 valence electrons. The smallest absolute Gasteiger partial charge is 0.258 e. The Morgan fingerprint density at radius 2 is 2.14 bits per heavy atom. The molecule has 3 unspecified atom stereocenters. The summed E-state index contributed by atoms with van der Waals surface area (Å²) in [6.07, 6.45) is 6.21. The van der Waals surface area contributed by atoms with Gasteiger partial charge in [-0.15, -0.1) is 0 Å². The highest BCUT2D eigenvalue weighted by Gasteiger charge is 2.49. The van der Waals surface area contributed by atoms with E-state index in [1.54, 1.807) is 23.2 Å². The quantitative estimate of drug-likeness (QED) is 0.673. The van der Waals surface area contributed by atoms with E-state index in [4.69, 9.17) is 9.15 Å². The van der Waals surface area contributed by atoms with Gasteiger partial charge in [-0.2, -0.15) is 0 Å². The van der Waals surface area contributed by atoms with Crippen LogP contribution in [-0.4, -0.2) is 39.5 Å². The molecule has 5 rings (SSSR count). The molecule has 6 nitrogen and oxygen atoms in total. The van der Waals surface area contributed by atoms with Gasteiger partial charge in [0.25, 0.3) is 5.91 Å². The fourth-order valence-corrected chi connectivity index (χ4v) is 4.42. The summed E-state index contributed by atoms with van der Waals surface area (Å²) < 4.78 is 26.1. The number of halogens is 1. The number of aryl methyl sites for hydroxylation is 1. The van der Waals surface area contributed by atoms with Gasteiger partial charge in [-0.25, -0.2) is 14.4 Å². The van der Waals surface area contributed by atoms with Crippen LogP contribution in [0.1, 0.15) is 28.8 Å². The van der Waals surface area contributed by atoms with Crippen LogP contribution < -0.4 is 4.74 Å². The van der Waals surface area contributed by atoms with Crippen molar-refractivity contribution in [2.75, 3.05) is 6.54 Å². The normalized spacial score (nSPS) is 22.8. The van der Waals surface area contributed by atoms with E-state index in [0.717, 1.165) is 18.4 Å². The van der Waals surface area contributed by atoms with E-state index in [2.05, 4.69) is 9.97 Å². The average molecular weight is 393 g/mol. The molecule has 1 aromatic carbocycles. The van der Waals surface area contributed by atoms with Crippen molar-refractivity contribution in [2.45, 2.75) is 31.9 Å². The van der Waals surface area contributed by atoms with Crippen LogP contribution in [0.4, 0.5) is 4.39 Å². The Bertz CT molecular complexity index is 1040. The molecule has 29 heavy (non-hydrogen) atoms. The third kappa shape index (κ3) is 3.16. The number of nitrogens with zero attached hydrogens (tertiary/aromatic N) is 3. The molecule has 2 fully saturated rings. The summed E-state index contributed by atoms with van der Waals surface area (Å²) in [5.74, 6) is 0.192. The minimum Gasteiger partial charge on any atom is -0.472 e. The highest BCUT2D eigenvalue weighted by atomic mass is 19.1. The molecule has 0 radical (unpaired) electrons. The first kappa shape index (κ1) is 17.8. The molecule has 3 aromatic rings. The average Bonchev–Trinajstić information content (AvgIpc) is 3.46. The Morgan fingerprint density at radius 3 is 2.86 bits per heavy atom. The number of fused-ring (bicyclic) bond motifs is 2. The van der Waals surface area contributed by atoms with Crippen molar-refractivity contribution >= 4 is 5.91 Å². The Labute approximate surface area is 167 Å². The Balaban J connectivity index is 1.42. The minimum absolute atomic E-state index is 0.00490. The maximum Gasteiger partial charge on any atom is 0.258 e. The number of likely N-dealkylation sites (tertiary alicyclic amines) is 1. The molecule has 1 saturated carbocycles. The van der Waals surface area contributed by atoms with E-state index in [0.29, 0.717) is 23.9 Å². The predicted octanol–water partition coefficient (Wildman–Crippen LogP) is 3.87. The highest BCUT2D eigenvalue weighted by molar-refractivity contribution is 6.00. The lowest BCUT2D eigenvalue weighted by atomic mass is 10.0. The summed E-state index contributed by atoms with van der Waals surface area (Å²) in [7, 11) is 0. The van der Waals surface area contributed by atoms with Gasteiger partial charge in [0.15, 0.2) is 0 Å². The maximum absolute atomic E-state index is 14.7. The number of hydrogen-bond donors (Lipinski definition) is 0. The lowest BCUT2D eigenvalue weighted by molar-refractivity contribution is 0.0463. The molecule has 2 bridgehead atoms. The second-order valence-corrected chi connectivity index (χ2v) is 7.69. The number of carbonyl (C=O) groups is 1. The van der Waals surface area contributed by atoms with Gasteiger partial charge >= 0.3 is 0 Å². The molecule has 7 heteroatoms. The van der Waals surface area contributed by atoms with Gasteiger partial charge in [0.2, 0.25) is 11.8 Å². The number of pyridine rings is 1. The lowest BCUT2D eigenvalue weighted by Gasteiger charge is -2.33. The van der Waals surface area contributed by atoms with E-state index >= 15 is 0 Å². The predicted molar refractivity (Wildman–Crippen MR) is 103 cm³/mol. The minimum atomic E-state index is -0.578. The molecule has 1 amide bonds. The molecule has 2 aliphatic rings. The molecule has 3 atom stereocenters. The Morgan fingerprint density at radius 1 is 1.24 bits per heavy atom. The summed E-state index contributed by atoms with van der Waals surface area (Å²) in [6, 6.07) is 8.17. The number of hydrogen-bond acceptors (Lipinski definition) is 5. The molecule has 2 aromatic heterocycles. The molecule has 1 aliphatic carbocycles. The Hall–Kier alpha value is -3.22. The number of benzene rings is 1. The molecular weight excluding hydrogens is 373 g/mol. The topological polar surface area (TPSA) is 68.5 Å². The van der Waals surface area contributed by atoms with Crippen LogP contribution in [0.2, 0.25) is 0 Å². The van der Waals surface area contributed by atoms with E-state index in [-0.39, 0.29) is 29.5 Å². The van der Waals surface area contributed by atoms with Crippen LogP contribution in [-0.2, 0) is 0 Å². The highest BCUT2D eigenvalue weighted by Crippen LogP contribution is 2.41. The van der Waals surface area contributed by atoms with Gasteiger partial charge in [-0.3, -0.25) is 4.79 Å². The molecule has 0 spiro atoms. The number of piperidine rings is 1. The second-order valence-electron chi connectivity index (χ2n) is 7.69. The van der Waals surface area contributed by atoms with Crippen molar-refractivity contribution in [3.8, 4) is 17.3 Å². The number of oxazole rings is 1. The van der Waals surface area contributed by atoms with Crippen molar-refractivity contribution in [3.63, 3.8) is 0 Å². The van der Waals surface area contributed by atoms with E-state index in [1.807, 2.05) is 19.1 Å². The van der Waals surface area contributed by atoms with E-state index in [9.17, 15) is 9.18 Å². The number of aromatic nitrogens is 2. The van der Waals surface area contributed by atoms with Gasteiger partial charge in [-0.1, -0.05) is 12.1 Å². The lowest BCUT2D eigenvalue weighted by Crippen LogP contribution is -2.47. The van der Waals surface area contributed by atoms with Crippen molar-refractivity contribution in [2.24, 2.45) is 5.92 Å². The molecule has 1 aliphatic heterocycles. The van der Waals surface area contributed by atoms with Gasteiger partial charge in [-0.05, 0) is 43.4 Å². The summed E-state index contributed by atoms with van der Waals surface area (Å²) in [5.41, 5.74) is 1.41. The molecule has 1 saturated heterocycles. The van der Waals surface area contributed by atoms with Gasteiger partial charge in [0.1, 0.15) is 18.2 Å². The summed E-state index contributed by atoms with van der Waals surface area (Å²) in [5, 5.41) is 0. The van der Waals surface area contributed by atoms with Crippen LogP contribution >= 0.6 is 0 Å². The van der Waals surface area contributed by atoms with Crippen LogP contribution in [0, 0.1) is 18.7 Å². The van der Waals surface area contributed by atoms with E-state index in [1.165, 1.54) is 18.5 Å². The van der Waals surface area contributed by atoms with Crippen molar-refractivity contribution < 1.29 is 18.3 Å². The first-order valence-electron chi connectivity index (χ1n) is 9.69. The van der Waals surface area contributed by atoms with Gasteiger partial charge in [0, 0.05) is 18.8 Å². The maximum atomic E-state index is 14.7. The van der Waals surface area contributed by atoms with E-state index < -0.39 is 5.82 Å². The summed E-state index contributed by atoms with van der Waals surface area (Å²) >= 11 is 0. The molecule has 0 N–H and O–H groups in total. The second kappa shape index (κ2) is 6.99. The summed E-state index contributed by atoms with van der Waals surface area (Å²) in [4.78, 5) is 23.5. The SMILES string of the molecule is Cc1ccc(OC2CC3CC2N(C(=O)c2c(F)cccc2-c2ncco2)C3)nc1. The number of ether oxygens (including phenoxy) is 1. The number of amides is 1. The van der Waals surface area contributed by atoms with Crippen molar-refractivity contribution in [1.29, 1.82) is 0 Å². The fraction of sp³-hybridized carbons (Fsp3) is 0.318. The molecular formula is C22H20FN3O3. The summed E-state index contributed by atoms with van der Waals surface area (Å²) in [6.45, 7) is 2.57. The third-order valence-electron chi connectivity index (χ3n) is 5.73. The van der Waals surface area contributed by atoms with Crippen LogP contribution in [0.15, 0.2) is 53.4 Å². The molecule has 3 heterocycles. The van der Waals surface area contributed by atoms with Gasteiger partial charge in [0.05, 0.1) is 23.4 Å². The number of carbonyl (C=O) groups excluding carboxylic acids is 1. The zero-order valence-electron chi connectivity index (χ0n) is 15.9. The third-order valence-corrected chi connectivity index (χ3v) is 5.73. The van der Waals surface area contributed by atoms with Crippen molar-refractivity contribution in [1.82, 2.24) is 14.9 Å². The zero-order chi connectivity index (χ0) is 20.0. The first-order valence-corrected chi connectivity index (χ1v) is 9.69.